The van der Waals surface area contributed by atoms with E-state index >= 15 is 0 Å². The highest BCUT2D eigenvalue weighted by Gasteiger charge is 2.25. The number of hydrogen-bond donors (Lipinski definition) is 3. The first-order valence-electron chi connectivity index (χ1n) is 6.51. The predicted molar refractivity (Wildman–Crippen MR) is 70.1 cm³/mol. The average Bonchev–Trinajstić information content (AvgIpc) is 3.18. The SMILES string of the molecule is COCCC(NC(=O)NCCN(C)C1CC1)C(=O)O. The third-order valence-electron chi connectivity index (χ3n) is 3.13. The van der Waals surface area contributed by atoms with Gasteiger partial charge in [-0.3, -0.25) is 0 Å². The van der Waals surface area contributed by atoms with Crippen LogP contribution >= 0.6 is 0 Å². The van der Waals surface area contributed by atoms with Crippen LogP contribution in [-0.2, 0) is 9.53 Å². The molecule has 3 N–H and O–H groups in total. The zero-order valence-corrected chi connectivity index (χ0v) is 11.5. The molecule has 1 aliphatic carbocycles. The summed E-state index contributed by atoms with van der Waals surface area (Å²) in [4.78, 5) is 24.7. The number of amides is 2. The van der Waals surface area contributed by atoms with Crippen LogP contribution in [0.4, 0.5) is 4.79 Å². The molecule has 0 aliphatic heterocycles. The number of likely N-dealkylation sites (N-methyl/N-ethyl adjacent to an activating group) is 1. The minimum Gasteiger partial charge on any atom is -0.480 e. The summed E-state index contributed by atoms with van der Waals surface area (Å²) in [6.07, 6.45) is 2.70. The summed E-state index contributed by atoms with van der Waals surface area (Å²) in [6, 6.07) is -0.716. The second-order valence-electron chi connectivity index (χ2n) is 4.78. The fraction of sp³-hybridized carbons (Fsp3) is 0.833. The van der Waals surface area contributed by atoms with Crippen LogP contribution in [0.3, 0.4) is 0 Å². The summed E-state index contributed by atoms with van der Waals surface area (Å²) in [5, 5.41) is 14.0. The second-order valence-corrected chi connectivity index (χ2v) is 4.78. The quantitative estimate of drug-likeness (QED) is 0.544. The van der Waals surface area contributed by atoms with Gasteiger partial charge in [-0.25, -0.2) is 9.59 Å². The summed E-state index contributed by atoms with van der Waals surface area (Å²) in [5.41, 5.74) is 0. The van der Waals surface area contributed by atoms with Gasteiger partial charge in [-0.2, -0.15) is 0 Å². The van der Waals surface area contributed by atoms with E-state index in [0.717, 1.165) is 6.54 Å². The summed E-state index contributed by atoms with van der Waals surface area (Å²) in [5.74, 6) is -1.05. The van der Waals surface area contributed by atoms with Gasteiger partial charge in [0.1, 0.15) is 6.04 Å². The van der Waals surface area contributed by atoms with Crippen molar-refractivity contribution in [1.82, 2.24) is 15.5 Å². The van der Waals surface area contributed by atoms with E-state index in [0.29, 0.717) is 19.2 Å². The van der Waals surface area contributed by atoms with Crippen LogP contribution in [-0.4, -0.2) is 67.9 Å². The largest absolute Gasteiger partial charge is 0.480 e. The van der Waals surface area contributed by atoms with Gasteiger partial charge in [0.2, 0.25) is 0 Å². The van der Waals surface area contributed by atoms with Gasteiger partial charge in [0, 0.05) is 39.3 Å². The highest BCUT2D eigenvalue weighted by Crippen LogP contribution is 2.24. The molecule has 1 fully saturated rings. The lowest BCUT2D eigenvalue weighted by Crippen LogP contribution is -2.47. The van der Waals surface area contributed by atoms with Crippen LogP contribution in [0, 0.1) is 0 Å². The molecule has 0 spiro atoms. The van der Waals surface area contributed by atoms with Crippen molar-refractivity contribution >= 4 is 12.0 Å². The Bertz CT molecular complexity index is 307. The van der Waals surface area contributed by atoms with E-state index in [-0.39, 0.29) is 6.42 Å². The molecule has 7 nitrogen and oxygen atoms in total. The van der Waals surface area contributed by atoms with E-state index in [1.165, 1.54) is 20.0 Å². The molecule has 0 bridgehead atoms. The number of nitrogens with one attached hydrogen (secondary N) is 2. The maximum atomic E-state index is 11.5. The van der Waals surface area contributed by atoms with Gasteiger partial charge in [-0.15, -0.1) is 0 Å². The van der Waals surface area contributed by atoms with Gasteiger partial charge < -0.3 is 25.4 Å². The van der Waals surface area contributed by atoms with Crippen LogP contribution < -0.4 is 10.6 Å². The fourth-order valence-electron chi connectivity index (χ4n) is 1.75. The summed E-state index contributed by atoms with van der Waals surface area (Å²) in [7, 11) is 3.52. The predicted octanol–water partition coefficient (Wildman–Crippen LogP) is -0.130. The van der Waals surface area contributed by atoms with E-state index in [2.05, 4.69) is 15.5 Å². The topological polar surface area (TPSA) is 90.9 Å². The monoisotopic (exact) mass is 273 g/mol. The molecule has 110 valence electrons. The van der Waals surface area contributed by atoms with Crippen molar-refractivity contribution in [3.8, 4) is 0 Å². The highest BCUT2D eigenvalue weighted by molar-refractivity contribution is 5.82. The Labute approximate surface area is 113 Å². The van der Waals surface area contributed by atoms with Gasteiger partial charge in [0.25, 0.3) is 0 Å². The number of nitrogens with zero attached hydrogens (tertiary/aromatic N) is 1. The van der Waals surface area contributed by atoms with Crippen LogP contribution in [0.15, 0.2) is 0 Å². The molecule has 7 heteroatoms. The maximum Gasteiger partial charge on any atom is 0.326 e. The Kier molecular flexibility index (Phi) is 6.58. The number of rotatable bonds is 9. The number of aliphatic carboxylic acids is 1. The number of ether oxygens (including phenoxy) is 1. The van der Waals surface area contributed by atoms with E-state index in [1.807, 2.05) is 7.05 Å². The molecule has 1 unspecified atom stereocenters. The molecule has 1 aliphatic rings. The van der Waals surface area contributed by atoms with E-state index < -0.39 is 18.0 Å². The first-order valence-corrected chi connectivity index (χ1v) is 6.51. The maximum absolute atomic E-state index is 11.5. The van der Waals surface area contributed by atoms with Gasteiger partial charge in [0.15, 0.2) is 0 Å². The third kappa shape index (κ3) is 6.40. The first kappa shape index (κ1) is 15.7. The van der Waals surface area contributed by atoms with Gasteiger partial charge >= 0.3 is 12.0 Å². The van der Waals surface area contributed by atoms with Crippen molar-refractivity contribution in [3.05, 3.63) is 0 Å². The molecule has 1 saturated carbocycles. The Balaban J connectivity index is 2.17. The van der Waals surface area contributed by atoms with Gasteiger partial charge in [-0.1, -0.05) is 0 Å². The van der Waals surface area contributed by atoms with Crippen molar-refractivity contribution in [3.63, 3.8) is 0 Å². The normalized spacial score (nSPS) is 16.2. The van der Waals surface area contributed by atoms with Crippen LogP contribution in [0.1, 0.15) is 19.3 Å². The fourth-order valence-corrected chi connectivity index (χ4v) is 1.75. The molecule has 0 heterocycles. The number of carbonyl (C=O) groups excluding carboxylic acids is 1. The number of hydrogen-bond acceptors (Lipinski definition) is 4. The van der Waals surface area contributed by atoms with E-state index in [9.17, 15) is 9.59 Å². The Morgan fingerprint density at radius 1 is 1.47 bits per heavy atom. The van der Waals surface area contributed by atoms with E-state index in [1.54, 1.807) is 0 Å². The Morgan fingerprint density at radius 2 is 2.16 bits per heavy atom. The molecule has 0 aromatic carbocycles. The lowest BCUT2D eigenvalue weighted by atomic mass is 10.2. The third-order valence-corrected chi connectivity index (χ3v) is 3.13. The number of urea groups is 1. The van der Waals surface area contributed by atoms with Gasteiger partial charge in [-0.05, 0) is 19.9 Å². The molecule has 0 aromatic rings. The Hall–Kier alpha value is -1.34. The zero-order valence-electron chi connectivity index (χ0n) is 11.5. The van der Waals surface area contributed by atoms with E-state index in [4.69, 9.17) is 9.84 Å². The standard InChI is InChI=1S/C12H23N3O4/c1-15(9-3-4-9)7-6-13-12(18)14-10(11(16)17)5-8-19-2/h9-10H,3-8H2,1-2H3,(H,16,17)(H2,13,14,18). The van der Waals surface area contributed by atoms with Crippen molar-refractivity contribution < 1.29 is 19.4 Å². The highest BCUT2D eigenvalue weighted by atomic mass is 16.5. The molecule has 2 amide bonds. The van der Waals surface area contributed by atoms with Crippen LogP contribution in [0.5, 0.6) is 0 Å². The van der Waals surface area contributed by atoms with Crippen molar-refractivity contribution in [2.45, 2.75) is 31.3 Å². The lowest BCUT2D eigenvalue weighted by Gasteiger charge is -2.17. The number of carbonyl (C=O) groups is 2. The molecular formula is C12H23N3O4. The lowest BCUT2D eigenvalue weighted by molar-refractivity contribution is -0.139. The summed E-state index contributed by atoms with van der Waals surface area (Å²) >= 11 is 0. The van der Waals surface area contributed by atoms with Crippen molar-refractivity contribution in [2.24, 2.45) is 0 Å². The smallest absolute Gasteiger partial charge is 0.326 e. The number of carboxylic acid groups (broad SMARTS) is 1. The van der Waals surface area contributed by atoms with Crippen molar-refractivity contribution in [2.75, 3.05) is 33.9 Å². The zero-order chi connectivity index (χ0) is 14.3. The average molecular weight is 273 g/mol. The molecule has 0 aromatic heterocycles. The van der Waals surface area contributed by atoms with Crippen LogP contribution in [0.2, 0.25) is 0 Å². The molecule has 0 radical (unpaired) electrons. The molecule has 0 saturated heterocycles. The minimum absolute atomic E-state index is 0.251. The number of methoxy groups -OCH3 is 1. The van der Waals surface area contributed by atoms with Crippen molar-refractivity contribution in [1.29, 1.82) is 0 Å². The van der Waals surface area contributed by atoms with Crippen LogP contribution in [0.25, 0.3) is 0 Å². The Morgan fingerprint density at radius 3 is 2.68 bits per heavy atom. The molecule has 19 heavy (non-hydrogen) atoms. The molecule has 1 rings (SSSR count). The first-order chi connectivity index (χ1) is 9.04. The number of carboxylic acids is 1. The molecular weight excluding hydrogens is 250 g/mol. The van der Waals surface area contributed by atoms with Gasteiger partial charge in [0.05, 0.1) is 0 Å². The second kappa shape index (κ2) is 7.96. The summed E-state index contributed by atoms with van der Waals surface area (Å²) in [6.45, 7) is 1.57. The summed E-state index contributed by atoms with van der Waals surface area (Å²) < 4.78 is 4.81. The minimum atomic E-state index is -1.05. The molecule has 1 atom stereocenters.